The average Bonchev–Trinajstić information content (AvgIpc) is 2.92. The maximum absolute atomic E-state index is 13.5. The topological polar surface area (TPSA) is 62.1 Å². The van der Waals surface area contributed by atoms with Gasteiger partial charge in [0.1, 0.15) is 15.5 Å². The van der Waals surface area contributed by atoms with E-state index < -0.39 is 15.5 Å². The first kappa shape index (κ1) is 42.1. The van der Waals surface area contributed by atoms with Crippen LogP contribution in [0.25, 0.3) is 11.3 Å². The molecule has 0 amide bonds. The number of rotatable bonds is 14. The van der Waals surface area contributed by atoms with E-state index in [9.17, 15) is 12.8 Å². The monoisotopic (exact) mass is 615 g/mol. The van der Waals surface area contributed by atoms with Crippen molar-refractivity contribution in [2.24, 2.45) is 9.98 Å². The number of allylic oxidation sites excluding steroid dienone is 6. The molecule has 43 heavy (non-hydrogen) atoms. The van der Waals surface area contributed by atoms with Gasteiger partial charge in [-0.25, -0.2) is 12.8 Å². The molecule has 0 saturated carbocycles. The van der Waals surface area contributed by atoms with Gasteiger partial charge in [-0.15, -0.1) is 0 Å². The predicted molar refractivity (Wildman–Crippen MR) is 192 cm³/mol. The van der Waals surface area contributed by atoms with Crippen LogP contribution >= 0.6 is 0 Å². The fourth-order valence-electron chi connectivity index (χ4n) is 4.28. The number of alkyl halides is 1. The van der Waals surface area contributed by atoms with Crippen LogP contribution in [0.3, 0.4) is 0 Å². The van der Waals surface area contributed by atoms with E-state index in [0.717, 1.165) is 83.9 Å². The van der Waals surface area contributed by atoms with Crippen molar-refractivity contribution in [3.63, 3.8) is 0 Å². The molecule has 0 aliphatic carbocycles. The van der Waals surface area contributed by atoms with Crippen LogP contribution in [0.15, 0.2) is 83.0 Å². The van der Waals surface area contributed by atoms with Gasteiger partial charge in [0.2, 0.25) is 0 Å². The van der Waals surface area contributed by atoms with Crippen LogP contribution in [-0.4, -0.2) is 64.6 Å². The summed E-state index contributed by atoms with van der Waals surface area (Å²) in [6.07, 6.45) is 17.3. The van der Waals surface area contributed by atoms with Crippen LogP contribution in [0.1, 0.15) is 91.2 Å². The predicted octanol–water partition coefficient (Wildman–Crippen LogP) is 9.56. The summed E-state index contributed by atoms with van der Waals surface area (Å²) in [4.78, 5) is 11.0. The summed E-state index contributed by atoms with van der Waals surface area (Å²) >= 11 is 0. The summed E-state index contributed by atoms with van der Waals surface area (Å²) in [5.41, 5.74) is 6.09. The molecule has 7 heteroatoms. The van der Waals surface area contributed by atoms with Crippen molar-refractivity contribution in [2.75, 3.05) is 33.7 Å². The zero-order valence-electron chi connectivity index (χ0n) is 28.8. The molecular formula is C36H58FN3O2S. The molecule has 0 aliphatic rings. The van der Waals surface area contributed by atoms with Crippen LogP contribution in [0.2, 0.25) is 0 Å². The number of nitrogens with zero attached hydrogens (tertiary/aromatic N) is 3. The van der Waals surface area contributed by atoms with Gasteiger partial charge in [-0.2, -0.15) is 0 Å². The summed E-state index contributed by atoms with van der Waals surface area (Å²) in [7, 11) is 3.12. The van der Waals surface area contributed by atoms with Crippen LogP contribution < -0.4 is 0 Å². The number of hydrogen-bond acceptors (Lipinski definition) is 5. The minimum absolute atomic E-state index is 0.675. The average molecular weight is 616 g/mol. The second-order valence-electron chi connectivity index (χ2n) is 10.8. The van der Waals surface area contributed by atoms with E-state index in [0.29, 0.717) is 6.42 Å². The number of aliphatic imine (C=N–C) groups is 2. The van der Waals surface area contributed by atoms with E-state index in [2.05, 4.69) is 49.4 Å². The third kappa shape index (κ3) is 19.7. The number of sulfone groups is 1. The molecule has 1 aromatic carbocycles. The Bertz CT molecular complexity index is 1240. The Labute approximate surface area is 263 Å². The molecule has 1 rings (SSSR count). The van der Waals surface area contributed by atoms with E-state index in [1.807, 2.05) is 84.2 Å². The Morgan fingerprint density at radius 1 is 1.07 bits per heavy atom. The number of benzene rings is 1. The molecule has 0 bridgehead atoms. The second kappa shape index (κ2) is 22.5. The van der Waals surface area contributed by atoms with Gasteiger partial charge in [0.25, 0.3) is 0 Å². The normalized spacial score (nSPS) is 13.1. The quantitative estimate of drug-likeness (QED) is 0.155. The van der Waals surface area contributed by atoms with Crippen molar-refractivity contribution in [1.29, 1.82) is 0 Å². The summed E-state index contributed by atoms with van der Waals surface area (Å²) < 4.78 is 32.8. The first-order chi connectivity index (χ1) is 20.1. The Hall–Kier alpha value is -3.06. The first-order valence-corrected chi connectivity index (χ1v) is 17.3. The highest BCUT2D eigenvalue weighted by atomic mass is 32.2. The van der Waals surface area contributed by atoms with Crippen molar-refractivity contribution in [3.05, 3.63) is 84.1 Å². The van der Waals surface area contributed by atoms with E-state index in [1.165, 1.54) is 0 Å². The largest absolute Gasteiger partial charge is 0.383 e. The molecule has 0 aromatic heterocycles. The fourth-order valence-corrected chi connectivity index (χ4v) is 4.28. The molecule has 0 aliphatic heterocycles. The maximum Gasteiger partial charge on any atom is 0.144 e. The van der Waals surface area contributed by atoms with Gasteiger partial charge in [0.15, 0.2) is 0 Å². The highest BCUT2D eigenvalue weighted by Gasteiger charge is 2.24. The van der Waals surface area contributed by atoms with E-state index >= 15 is 0 Å². The molecule has 0 heterocycles. The fraction of sp³-hybridized carbons (Fsp3) is 0.500. The lowest BCUT2D eigenvalue weighted by Crippen LogP contribution is -2.20. The van der Waals surface area contributed by atoms with Gasteiger partial charge >= 0.3 is 0 Å². The summed E-state index contributed by atoms with van der Waals surface area (Å²) in [5.74, 6) is 0. The zero-order chi connectivity index (χ0) is 33.6. The van der Waals surface area contributed by atoms with Gasteiger partial charge < -0.3 is 4.90 Å². The highest BCUT2D eigenvalue weighted by Crippen LogP contribution is 2.27. The number of halogens is 1. The smallest absolute Gasteiger partial charge is 0.144 e. The SMILES string of the molecule is C=C/C(=C\N(C)C)c1cccc(C(=C)N=C(C)C(=C\C)/C(C=NC)=C/CC)c1.CCCC(F)(CC)CCC.CS(C)(=O)=O. The molecule has 0 unspecified atom stereocenters. The lowest BCUT2D eigenvalue weighted by molar-refractivity contribution is 0.129. The minimum atomic E-state index is -2.67. The third-order valence-corrected chi connectivity index (χ3v) is 6.16. The van der Waals surface area contributed by atoms with Crippen LogP contribution in [-0.2, 0) is 9.84 Å². The van der Waals surface area contributed by atoms with Crippen LogP contribution in [0, 0.1) is 0 Å². The molecule has 0 N–H and O–H groups in total. The van der Waals surface area contributed by atoms with Crippen molar-refractivity contribution >= 4 is 33.0 Å². The summed E-state index contributed by atoms with van der Waals surface area (Å²) in [6, 6.07) is 8.23. The Kier molecular flexibility index (Phi) is 22.0. The van der Waals surface area contributed by atoms with Crippen LogP contribution in [0.5, 0.6) is 0 Å². The van der Waals surface area contributed by atoms with Gasteiger partial charge in [0, 0.05) is 57.3 Å². The standard InChI is InChI=1S/C25H33N3.C9H19F.C2H6O2S/c1-9-13-24(17-26-6)25(11-3)20(5)27-19(4)22-14-12-15-23(16-22)21(10-2)18-28(7)8;1-4-7-9(10,6-3)8-5-2;1-5(2,3)4/h10-18H,2,4,9H2,1,3,5-8H3;4-8H2,1-3H3;1-2H3/b21-18+,24-13+,25-11+,26-17?,27-20?;;. The van der Waals surface area contributed by atoms with E-state index in [-0.39, 0.29) is 0 Å². The number of hydrogen-bond donors (Lipinski definition) is 0. The molecule has 0 saturated heterocycles. The minimum Gasteiger partial charge on any atom is -0.383 e. The molecular weight excluding hydrogens is 557 g/mol. The molecule has 0 spiro atoms. The lowest BCUT2D eigenvalue weighted by atomic mass is 9.92. The Morgan fingerprint density at radius 3 is 2.00 bits per heavy atom. The Morgan fingerprint density at radius 2 is 1.60 bits per heavy atom. The van der Waals surface area contributed by atoms with E-state index in [1.54, 1.807) is 7.05 Å². The van der Waals surface area contributed by atoms with Crippen molar-refractivity contribution < 1.29 is 12.8 Å². The van der Waals surface area contributed by atoms with Crippen molar-refractivity contribution in [1.82, 2.24) is 4.90 Å². The molecule has 0 atom stereocenters. The lowest BCUT2D eigenvalue weighted by Gasteiger charge is -2.22. The molecule has 0 radical (unpaired) electrons. The molecule has 5 nitrogen and oxygen atoms in total. The Balaban J connectivity index is 0. The molecule has 0 fully saturated rings. The summed E-state index contributed by atoms with van der Waals surface area (Å²) in [5, 5.41) is 0. The highest BCUT2D eigenvalue weighted by molar-refractivity contribution is 7.89. The van der Waals surface area contributed by atoms with Crippen LogP contribution in [0.4, 0.5) is 4.39 Å². The zero-order valence-corrected chi connectivity index (χ0v) is 29.6. The third-order valence-electron chi connectivity index (χ3n) is 6.16. The van der Waals surface area contributed by atoms with Gasteiger partial charge in [-0.1, -0.05) is 90.1 Å². The molecule has 242 valence electrons. The van der Waals surface area contributed by atoms with Gasteiger partial charge in [0.05, 0.1) is 5.70 Å². The van der Waals surface area contributed by atoms with Crippen molar-refractivity contribution in [2.45, 2.75) is 85.7 Å². The second-order valence-corrected chi connectivity index (χ2v) is 13.1. The summed E-state index contributed by atoms with van der Waals surface area (Å²) in [6.45, 7) is 20.3. The van der Waals surface area contributed by atoms with Gasteiger partial charge in [-0.3, -0.25) is 9.98 Å². The van der Waals surface area contributed by atoms with Gasteiger partial charge in [-0.05, 0) is 67.9 Å². The first-order valence-electron chi connectivity index (χ1n) is 15.0. The maximum atomic E-state index is 13.5. The van der Waals surface area contributed by atoms with Crippen molar-refractivity contribution in [3.8, 4) is 0 Å². The molecule has 1 aromatic rings. The van der Waals surface area contributed by atoms with E-state index in [4.69, 9.17) is 4.99 Å².